The summed E-state index contributed by atoms with van der Waals surface area (Å²) in [6.07, 6.45) is 4.23. The molecule has 1 aliphatic rings. The number of nitrogens with zero attached hydrogens (tertiary/aromatic N) is 2. The summed E-state index contributed by atoms with van der Waals surface area (Å²) >= 11 is 0. The summed E-state index contributed by atoms with van der Waals surface area (Å²) in [7, 11) is 3.91. The summed E-state index contributed by atoms with van der Waals surface area (Å²) in [5, 5.41) is 0. The quantitative estimate of drug-likeness (QED) is 0.752. The van der Waals surface area contributed by atoms with Crippen LogP contribution in [0.3, 0.4) is 0 Å². The molecule has 0 saturated carbocycles. The van der Waals surface area contributed by atoms with Crippen LogP contribution in [0.1, 0.15) is 17.5 Å². The first-order valence-corrected chi connectivity index (χ1v) is 9.51. The molecule has 1 saturated heterocycles. The number of likely N-dealkylation sites (tertiary alicyclic amines) is 1. The molecule has 144 valence electrons. The summed E-state index contributed by atoms with van der Waals surface area (Å²) in [4.78, 5) is 29.6. The van der Waals surface area contributed by atoms with Crippen molar-refractivity contribution in [3.05, 3.63) is 82.9 Å². The van der Waals surface area contributed by atoms with E-state index in [2.05, 4.69) is 0 Å². The highest BCUT2D eigenvalue weighted by Gasteiger charge is 2.28. The number of hydrogen-bond acceptors (Lipinski definition) is 3. The van der Waals surface area contributed by atoms with E-state index in [9.17, 15) is 9.59 Å². The molecule has 3 rings (SSSR count). The van der Waals surface area contributed by atoms with E-state index in [1.165, 1.54) is 0 Å². The van der Waals surface area contributed by atoms with Crippen molar-refractivity contribution in [3.63, 3.8) is 0 Å². The van der Waals surface area contributed by atoms with Crippen LogP contribution in [0.15, 0.2) is 71.8 Å². The first-order valence-electron chi connectivity index (χ1n) is 9.51. The van der Waals surface area contributed by atoms with Crippen molar-refractivity contribution in [1.82, 2.24) is 9.80 Å². The molecule has 0 N–H and O–H groups in total. The zero-order chi connectivity index (χ0) is 19.9. The van der Waals surface area contributed by atoms with E-state index in [-0.39, 0.29) is 11.7 Å². The summed E-state index contributed by atoms with van der Waals surface area (Å²) < 4.78 is 0. The van der Waals surface area contributed by atoms with Crippen molar-refractivity contribution in [2.45, 2.75) is 6.42 Å². The van der Waals surface area contributed by atoms with Gasteiger partial charge in [-0.25, -0.2) is 0 Å². The molecule has 1 heterocycles. The lowest BCUT2D eigenvalue weighted by atomic mass is 9.94. The maximum Gasteiger partial charge on any atom is 0.224 e. The van der Waals surface area contributed by atoms with Gasteiger partial charge in [0.05, 0.1) is 0 Å². The summed E-state index contributed by atoms with van der Waals surface area (Å²) in [5.74, 6) is 0.0866. The Morgan fingerprint density at radius 3 is 1.79 bits per heavy atom. The maximum absolute atomic E-state index is 13.1. The molecule has 1 fully saturated rings. The zero-order valence-electron chi connectivity index (χ0n) is 16.5. The van der Waals surface area contributed by atoms with E-state index in [1.54, 1.807) is 4.90 Å². The Bertz CT molecular complexity index is 822. The number of rotatable bonds is 5. The molecule has 0 radical (unpaired) electrons. The average Bonchev–Trinajstić information content (AvgIpc) is 2.70. The van der Waals surface area contributed by atoms with Gasteiger partial charge in [0.1, 0.15) is 0 Å². The van der Waals surface area contributed by atoms with Crippen LogP contribution in [0.4, 0.5) is 0 Å². The largest absolute Gasteiger partial charge is 0.334 e. The molecule has 0 atom stereocenters. The number of carbonyl (C=O) groups is 2. The van der Waals surface area contributed by atoms with Crippen LogP contribution in [0.25, 0.3) is 12.2 Å². The smallest absolute Gasteiger partial charge is 0.224 e. The van der Waals surface area contributed by atoms with Gasteiger partial charge in [0.25, 0.3) is 0 Å². The van der Waals surface area contributed by atoms with E-state index in [0.717, 1.165) is 11.1 Å². The summed E-state index contributed by atoms with van der Waals surface area (Å²) in [6.45, 7) is 1.40. The minimum Gasteiger partial charge on any atom is -0.334 e. The van der Waals surface area contributed by atoms with Crippen molar-refractivity contribution in [3.8, 4) is 0 Å². The van der Waals surface area contributed by atoms with Crippen LogP contribution >= 0.6 is 0 Å². The van der Waals surface area contributed by atoms with Gasteiger partial charge in [-0.1, -0.05) is 60.7 Å². The Kier molecular flexibility index (Phi) is 6.56. The van der Waals surface area contributed by atoms with Crippen molar-refractivity contribution >= 4 is 23.8 Å². The number of amides is 1. The predicted octanol–water partition coefficient (Wildman–Crippen LogP) is 3.52. The molecule has 2 aromatic carbocycles. The number of carbonyl (C=O) groups excluding carboxylic acids is 2. The van der Waals surface area contributed by atoms with Gasteiger partial charge in [0.15, 0.2) is 5.78 Å². The Morgan fingerprint density at radius 1 is 0.893 bits per heavy atom. The van der Waals surface area contributed by atoms with Crippen LogP contribution in [0.2, 0.25) is 0 Å². The molecule has 0 unspecified atom stereocenters. The Morgan fingerprint density at radius 2 is 1.36 bits per heavy atom. The molecule has 4 nitrogen and oxygen atoms in total. The van der Waals surface area contributed by atoms with E-state index in [1.807, 2.05) is 91.8 Å². The minimum absolute atomic E-state index is 0.0179. The third kappa shape index (κ3) is 5.27. The highest BCUT2D eigenvalue weighted by atomic mass is 16.2. The summed E-state index contributed by atoms with van der Waals surface area (Å²) in [5.41, 5.74) is 3.23. The van der Waals surface area contributed by atoms with Gasteiger partial charge < -0.3 is 9.80 Å². The van der Waals surface area contributed by atoms with Gasteiger partial charge in [0, 0.05) is 37.2 Å². The second-order valence-corrected chi connectivity index (χ2v) is 7.29. The van der Waals surface area contributed by atoms with Crippen LogP contribution in [-0.2, 0) is 9.59 Å². The molecule has 0 aromatic heterocycles. The van der Waals surface area contributed by atoms with Gasteiger partial charge in [-0.3, -0.25) is 9.59 Å². The maximum atomic E-state index is 13.1. The van der Waals surface area contributed by atoms with Crippen LogP contribution in [-0.4, -0.2) is 55.2 Å². The van der Waals surface area contributed by atoms with Crippen LogP contribution < -0.4 is 0 Å². The van der Waals surface area contributed by atoms with E-state index >= 15 is 0 Å². The van der Waals surface area contributed by atoms with Gasteiger partial charge >= 0.3 is 0 Å². The Balaban J connectivity index is 1.91. The van der Waals surface area contributed by atoms with Crippen LogP contribution in [0, 0.1) is 0 Å². The predicted molar refractivity (Wildman–Crippen MR) is 114 cm³/mol. The molecule has 2 aromatic rings. The topological polar surface area (TPSA) is 40.6 Å². The normalized spacial score (nSPS) is 17.5. The zero-order valence-corrected chi connectivity index (χ0v) is 16.5. The molecule has 1 amide bonds. The molecule has 4 heteroatoms. The first kappa shape index (κ1) is 19.8. The van der Waals surface area contributed by atoms with Gasteiger partial charge in [-0.05, 0) is 37.4 Å². The second-order valence-electron chi connectivity index (χ2n) is 7.29. The van der Waals surface area contributed by atoms with Gasteiger partial charge in [-0.15, -0.1) is 0 Å². The molecular weight excluding hydrogens is 348 g/mol. The molecular formula is C24H26N2O2. The molecule has 0 spiro atoms. The fourth-order valence-electron chi connectivity index (χ4n) is 3.19. The number of benzene rings is 2. The standard InChI is InChI=1S/C24H26N2O2/c1-25(2)14-13-23(27)26-17-21(15-19-9-5-3-6-10-19)24(28)22(18-26)16-20-11-7-4-8-12-20/h3-12,15-16H,13-14,17-18H2,1-2H3/b21-15-,22-16+. The first-order chi connectivity index (χ1) is 13.5. The van der Waals surface area contributed by atoms with Crippen molar-refractivity contribution in [1.29, 1.82) is 0 Å². The highest BCUT2D eigenvalue weighted by molar-refractivity contribution is 6.15. The number of ketones is 1. The van der Waals surface area contributed by atoms with Crippen LogP contribution in [0.5, 0.6) is 0 Å². The highest BCUT2D eigenvalue weighted by Crippen LogP contribution is 2.22. The fraction of sp³-hybridized carbons (Fsp3) is 0.250. The van der Waals surface area contributed by atoms with E-state index in [4.69, 9.17) is 0 Å². The molecule has 0 bridgehead atoms. The van der Waals surface area contributed by atoms with Crippen molar-refractivity contribution < 1.29 is 9.59 Å². The lowest BCUT2D eigenvalue weighted by molar-refractivity contribution is -0.131. The minimum atomic E-state index is 0.0179. The number of piperidine rings is 1. The Hall–Kier alpha value is -2.98. The number of hydrogen-bond donors (Lipinski definition) is 0. The SMILES string of the molecule is CN(C)CCC(=O)N1C/C(=C/c2ccccc2)C(=O)/C(=C/c2ccccc2)C1. The van der Waals surface area contributed by atoms with E-state index < -0.39 is 0 Å². The molecule has 28 heavy (non-hydrogen) atoms. The molecule has 0 aliphatic carbocycles. The van der Waals surface area contributed by atoms with Gasteiger partial charge in [0.2, 0.25) is 5.91 Å². The third-order valence-electron chi connectivity index (χ3n) is 4.71. The number of Topliss-reactive ketones (excluding diaryl/α,β-unsaturated/α-hetero) is 1. The fourth-order valence-corrected chi connectivity index (χ4v) is 3.19. The van der Waals surface area contributed by atoms with E-state index in [0.29, 0.717) is 37.2 Å². The second kappa shape index (κ2) is 9.29. The lowest BCUT2D eigenvalue weighted by Gasteiger charge is -2.30. The summed E-state index contributed by atoms with van der Waals surface area (Å²) in [6, 6.07) is 19.5. The van der Waals surface area contributed by atoms with Gasteiger partial charge in [-0.2, -0.15) is 0 Å². The third-order valence-corrected chi connectivity index (χ3v) is 4.71. The van der Waals surface area contributed by atoms with Crippen molar-refractivity contribution in [2.24, 2.45) is 0 Å². The molecule has 1 aliphatic heterocycles. The Labute approximate surface area is 166 Å². The average molecular weight is 374 g/mol. The van der Waals surface area contributed by atoms with Crippen molar-refractivity contribution in [2.75, 3.05) is 33.7 Å². The monoisotopic (exact) mass is 374 g/mol. The lowest BCUT2D eigenvalue weighted by Crippen LogP contribution is -2.42.